The Morgan fingerprint density at radius 1 is 1.17 bits per heavy atom. The summed E-state index contributed by atoms with van der Waals surface area (Å²) in [5, 5.41) is 7.94. The molecule has 5 rings (SSSR count). The van der Waals surface area contributed by atoms with E-state index < -0.39 is 21.4 Å². The van der Waals surface area contributed by atoms with Crippen molar-refractivity contribution in [3.63, 3.8) is 0 Å². The number of anilines is 1. The minimum absolute atomic E-state index is 0.0788. The van der Waals surface area contributed by atoms with Gasteiger partial charge in [0.25, 0.3) is 0 Å². The molecule has 0 amide bonds. The Bertz CT molecular complexity index is 1340. The smallest absolute Gasteiger partial charge is 0.240 e. The number of nitrogens with zero attached hydrogens (tertiary/aromatic N) is 6. The van der Waals surface area contributed by atoms with Gasteiger partial charge in [-0.2, -0.15) is 0 Å². The Morgan fingerprint density at radius 3 is 2.50 bits per heavy atom. The number of pyridine rings is 1. The summed E-state index contributed by atoms with van der Waals surface area (Å²) < 4.78 is 42.4. The molecular formula is C23H28ClN7O4S. The second-order valence-electron chi connectivity index (χ2n) is 9.32. The summed E-state index contributed by atoms with van der Waals surface area (Å²) >= 11 is 5.89. The summed E-state index contributed by atoms with van der Waals surface area (Å²) in [4.78, 5) is 12.8. The predicted molar refractivity (Wildman–Crippen MR) is 133 cm³/mol. The van der Waals surface area contributed by atoms with Crippen LogP contribution in [0.25, 0.3) is 11.5 Å². The number of nitrogens with one attached hydrogen (secondary N) is 1. The van der Waals surface area contributed by atoms with Gasteiger partial charge in [0.05, 0.1) is 12.1 Å². The number of sulfonamides is 1. The van der Waals surface area contributed by atoms with Gasteiger partial charge in [-0.05, 0) is 44.1 Å². The Kier molecular flexibility index (Phi) is 6.60. The Morgan fingerprint density at radius 2 is 1.92 bits per heavy atom. The van der Waals surface area contributed by atoms with Crippen LogP contribution in [0, 0.1) is 5.41 Å². The molecule has 2 fully saturated rings. The highest BCUT2D eigenvalue weighted by Gasteiger charge is 2.53. The molecule has 3 atom stereocenters. The molecule has 3 heterocycles. The third kappa shape index (κ3) is 4.31. The quantitative estimate of drug-likeness (QED) is 0.435. The van der Waals surface area contributed by atoms with Gasteiger partial charge in [-0.15, -0.1) is 10.2 Å². The maximum atomic E-state index is 13.5. The molecule has 2 aliphatic carbocycles. The molecule has 0 bridgehead atoms. The van der Waals surface area contributed by atoms with Crippen molar-refractivity contribution in [2.45, 2.75) is 56.4 Å². The third-order valence-corrected chi connectivity index (χ3v) is 9.33. The monoisotopic (exact) mass is 533 g/mol. The molecule has 1 spiro atoms. The van der Waals surface area contributed by atoms with E-state index in [1.165, 1.54) is 32.8 Å². The van der Waals surface area contributed by atoms with Crippen LogP contribution in [-0.4, -0.2) is 57.6 Å². The van der Waals surface area contributed by atoms with Gasteiger partial charge in [-0.25, -0.2) is 23.4 Å². The highest BCUT2D eigenvalue weighted by molar-refractivity contribution is 7.93. The van der Waals surface area contributed by atoms with Crippen molar-refractivity contribution in [1.29, 1.82) is 0 Å². The van der Waals surface area contributed by atoms with Gasteiger partial charge >= 0.3 is 0 Å². The van der Waals surface area contributed by atoms with Gasteiger partial charge in [-0.3, -0.25) is 9.29 Å². The zero-order chi connectivity index (χ0) is 25.5. The lowest BCUT2D eigenvalue weighted by Gasteiger charge is -2.56. The molecule has 0 radical (unpaired) electrons. The van der Waals surface area contributed by atoms with Crippen LogP contribution in [0.4, 0.5) is 5.95 Å². The van der Waals surface area contributed by atoms with E-state index in [0.29, 0.717) is 22.4 Å². The average molecular weight is 534 g/mol. The summed E-state index contributed by atoms with van der Waals surface area (Å²) in [6, 6.07) is 5.46. The van der Waals surface area contributed by atoms with Crippen LogP contribution in [-0.2, 0) is 14.8 Å². The fourth-order valence-electron chi connectivity index (χ4n) is 5.14. The number of hydrogen-bond donors (Lipinski definition) is 1. The van der Waals surface area contributed by atoms with Gasteiger partial charge in [0.1, 0.15) is 17.0 Å². The van der Waals surface area contributed by atoms with Crippen molar-refractivity contribution in [1.82, 2.24) is 29.7 Å². The topological polar surface area (TPSA) is 134 Å². The summed E-state index contributed by atoms with van der Waals surface area (Å²) in [7, 11) is -1.03. The second-order valence-corrected chi connectivity index (χ2v) is 11.8. The molecule has 1 N–H and O–H groups in total. The molecule has 2 saturated carbocycles. The largest absolute Gasteiger partial charge is 0.481 e. The first kappa shape index (κ1) is 24.8. The summed E-state index contributed by atoms with van der Waals surface area (Å²) in [6.07, 6.45) is 7.27. The van der Waals surface area contributed by atoms with Crippen molar-refractivity contribution in [2.75, 3.05) is 18.9 Å². The van der Waals surface area contributed by atoms with Crippen LogP contribution in [0.15, 0.2) is 30.6 Å². The SMILES string of the molecule is COc1cccc(-c2nnc(NS(=O)(=O)C(C)C(OC)c3ncc(Cl)cn3)n2[C@@H]2CCC23CCC3)n1. The van der Waals surface area contributed by atoms with Crippen LogP contribution in [0.5, 0.6) is 5.88 Å². The van der Waals surface area contributed by atoms with Crippen molar-refractivity contribution in [3.8, 4) is 17.4 Å². The normalized spacial score (nSPS) is 20.3. The highest BCUT2D eigenvalue weighted by Crippen LogP contribution is 2.63. The number of methoxy groups -OCH3 is 2. The van der Waals surface area contributed by atoms with E-state index in [1.807, 2.05) is 16.7 Å². The van der Waals surface area contributed by atoms with E-state index >= 15 is 0 Å². The van der Waals surface area contributed by atoms with Gasteiger partial charge in [0.2, 0.25) is 21.9 Å². The van der Waals surface area contributed by atoms with Crippen LogP contribution in [0.3, 0.4) is 0 Å². The lowest BCUT2D eigenvalue weighted by atomic mass is 9.53. The van der Waals surface area contributed by atoms with E-state index in [9.17, 15) is 8.42 Å². The minimum Gasteiger partial charge on any atom is -0.481 e. The van der Waals surface area contributed by atoms with Crippen molar-refractivity contribution in [3.05, 3.63) is 41.4 Å². The van der Waals surface area contributed by atoms with Gasteiger partial charge < -0.3 is 9.47 Å². The molecule has 3 aromatic rings. The minimum atomic E-state index is -3.99. The van der Waals surface area contributed by atoms with Crippen molar-refractivity contribution >= 4 is 27.6 Å². The van der Waals surface area contributed by atoms with E-state index in [0.717, 1.165) is 25.7 Å². The predicted octanol–water partition coefficient (Wildman–Crippen LogP) is 3.82. The molecular weight excluding hydrogens is 506 g/mol. The number of halogens is 1. The van der Waals surface area contributed by atoms with Crippen LogP contribution in [0.2, 0.25) is 5.02 Å². The van der Waals surface area contributed by atoms with Crippen LogP contribution >= 0.6 is 11.6 Å². The average Bonchev–Trinajstić information content (AvgIpc) is 3.21. The number of hydrogen-bond acceptors (Lipinski definition) is 9. The fourth-order valence-corrected chi connectivity index (χ4v) is 6.38. The van der Waals surface area contributed by atoms with Crippen molar-refractivity contribution < 1.29 is 17.9 Å². The Balaban J connectivity index is 1.50. The summed E-state index contributed by atoms with van der Waals surface area (Å²) in [6.45, 7) is 1.54. The zero-order valence-electron chi connectivity index (χ0n) is 20.3. The third-order valence-electron chi connectivity index (χ3n) is 7.44. The van der Waals surface area contributed by atoms with E-state index in [2.05, 4.69) is 29.9 Å². The number of rotatable bonds is 9. The van der Waals surface area contributed by atoms with Crippen LogP contribution in [0.1, 0.15) is 57.0 Å². The highest BCUT2D eigenvalue weighted by atomic mass is 35.5. The molecule has 2 unspecified atom stereocenters. The van der Waals surface area contributed by atoms with Crippen LogP contribution < -0.4 is 9.46 Å². The van der Waals surface area contributed by atoms with Gasteiger partial charge in [0, 0.05) is 31.6 Å². The fraction of sp³-hybridized carbons (Fsp3) is 0.522. The molecule has 13 heteroatoms. The van der Waals surface area contributed by atoms with E-state index in [4.69, 9.17) is 21.1 Å². The number of aromatic nitrogens is 6. The lowest BCUT2D eigenvalue weighted by Crippen LogP contribution is -2.47. The first-order valence-corrected chi connectivity index (χ1v) is 13.7. The van der Waals surface area contributed by atoms with Crippen molar-refractivity contribution in [2.24, 2.45) is 5.41 Å². The molecule has 192 valence electrons. The first-order chi connectivity index (χ1) is 17.3. The molecule has 3 aromatic heterocycles. The van der Waals surface area contributed by atoms with E-state index in [1.54, 1.807) is 13.2 Å². The summed E-state index contributed by atoms with van der Waals surface area (Å²) in [5.74, 6) is 1.31. The standard InChI is InChI=1S/C23H28ClN7O4S/c1-14(19(35-3)20-25-12-15(24)13-26-20)36(32,33)30-22-29-28-21(16-6-4-7-18(27-16)34-2)31(22)17-8-11-23(17)9-5-10-23/h4,6-7,12-14,17,19H,5,8-11H2,1-3H3,(H,29,30)/t14?,17-,19?/m1/s1. The molecule has 0 aliphatic heterocycles. The summed E-state index contributed by atoms with van der Waals surface area (Å²) in [5.41, 5.74) is 0.708. The van der Waals surface area contributed by atoms with Gasteiger partial charge in [-0.1, -0.05) is 24.1 Å². The molecule has 36 heavy (non-hydrogen) atoms. The van der Waals surface area contributed by atoms with Gasteiger partial charge in [0.15, 0.2) is 11.6 Å². The molecule has 0 saturated heterocycles. The van der Waals surface area contributed by atoms with E-state index in [-0.39, 0.29) is 23.2 Å². The first-order valence-electron chi connectivity index (χ1n) is 11.8. The number of ether oxygens (including phenoxy) is 2. The zero-order valence-corrected chi connectivity index (χ0v) is 21.8. The Labute approximate surface area is 214 Å². The molecule has 2 aliphatic rings. The molecule has 11 nitrogen and oxygen atoms in total. The Hall–Kier alpha value is -2.83. The molecule has 0 aromatic carbocycles. The maximum Gasteiger partial charge on any atom is 0.240 e. The lowest BCUT2D eigenvalue weighted by molar-refractivity contribution is -0.0369. The maximum absolute atomic E-state index is 13.5. The second kappa shape index (κ2) is 9.56.